The third-order valence-electron chi connectivity index (χ3n) is 4.86. The first-order chi connectivity index (χ1) is 13.7. The molecule has 3 N–H and O–H groups in total. The summed E-state index contributed by atoms with van der Waals surface area (Å²) in [6.45, 7) is 3.16. The van der Waals surface area contributed by atoms with Crippen LogP contribution in [-0.4, -0.2) is 53.2 Å². The highest BCUT2D eigenvalue weighted by Gasteiger charge is 2.12. The molecule has 0 aliphatic carbocycles. The SMILES string of the molecule is Cc1cc(=CCC(=O)O)[nH]c1=Cc1[nH]c(-c2cccs2)cc1CCC[N+](C)(C)C. The molecule has 29 heavy (non-hydrogen) atoms. The van der Waals surface area contributed by atoms with E-state index in [-0.39, 0.29) is 6.42 Å². The summed E-state index contributed by atoms with van der Waals surface area (Å²) in [5.41, 5.74) is 4.68. The van der Waals surface area contributed by atoms with Gasteiger partial charge in [0.15, 0.2) is 0 Å². The lowest BCUT2D eigenvalue weighted by molar-refractivity contribution is -0.870. The van der Waals surface area contributed by atoms with Crippen LogP contribution in [0.3, 0.4) is 0 Å². The maximum atomic E-state index is 10.8. The third kappa shape index (κ3) is 5.95. The van der Waals surface area contributed by atoms with Gasteiger partial charge in [0.2, 0.25) is 0 Å². The molecule has 3 heterocycles. The van der Waals surface area contributed by atoms with E-state index in [4.69, 9.17) is 5.11 Å². The fourth-order valence-electron chi connectivity index (χ4n) is 3.36. The van der Waals surface area contributed by atoms with E-state index in [1.54, 1.807) is 17.4 Å². The Labute approximate surface area is 175 Å². The van der Waals surface area contributed by atoms with Gasteiger partial charge in [0.1, 0.15) is 0 Å². The molecule has 3 rings (SSSR count). The van der Waals surface area contributed by atoms with Crippen molar-refractivity contribution in [2.24, 2.45) is 0 Å². The lowest BCUT2D eigenvalue weighted by Gasteiger charge is -2.23. The largest absolute Gasteiger partial charge is 0.481 e. The van der Waals surface area contributed by atoms with Gasteiger partial charge in [0.25, 0.3) is 0 Å². The Hall–Kier alpha value is -2.57. The average Bonchev–Trinajstić information content (AvgIpc) is 3.34. The van der Waals surface area contributed by atoms with Gasteiger partial charge in [-0.15, -0.1) is 11.3 Å². The van der Waals surface area contributed by atoms with Crippen molar-refractivity contribution in [3.05, 3.63) is 57.2 Å². The standard InChI is InChI=1S/C23H29N3O2S/c1-16-13-18(9-10-23(27)28)24-19(16)15-20-17(7-5-11-26(2,3)4)14-21(25-20)22-8-6-12-29-22/h6,8-9,12-15,24-25H,5,7,10-11H2,1-4H3/p+1. The van der Waals surface area contributed by atoms with Gasteiger partial charge in [-0.05, 0) is 60.2 Å². The van der Waals surface area contributed by atoms with Crippen LogP contribution in [0.15, 0.2) is 29.6 Å². The van der Waals surface area contributed by atoms with E-state index >= 15 is 0 Å². The van der Waals surface area contributed by atoms with Crippen molar-refractivity contribution < 1.29 is 14.4 Å². The van der Waals surface area contributed by atoms with Gasteiger partial charge in [-0.1, -0.05) is 6.07 Å². The van der Waals surface area contributed by atoms with Crippen molar-refractivity contribution in [2.45, 2.75) is 26.2 Å². The maximum absolute atomic E-state index is 10.8. The Kier molecular flexibility index (Phi) is 6.45. The highest BCUT2D eigenvalue weighted by Crippen LogP contribution is 2.27. The molecule has 0 bridgehead atoms. The van der Waals surface area contributed by atoms with Crippen LogP contribution < -0.4 is 10.7 Å². The molecule has 6 heteroatoms. The summed E-state index contributed by atoms with van der Waals surface area (Å²) in [4.78, 5) is 19.0. The zero-order chi connectivity index (χ0) is 21.0. The molecule has 0 atom stereocenters. The summed E-state index contributed by atoms with van der Waals surface area (Å²) in [6.07, 6.45) is 6.00. The summed E-state index contributed by atoms with van der Waals surface area (Å²) in [6, 6.07) is 8.47. The van der Waals surface area contributed by atoms with Crippen molar-refractivity contribution in [1.29, 1.82) is 0 Å². The van der Waals surface area contributed by atoms with Crippen molar-refractivity contribution in [3.63, 3.8) is 0 Å². The van der Waals surface area contributed by atoms with E-state index in [0.29, 0.717) is 0 Å². The number of carboxylic acids is 1. The minimum absolute atomic E-state index is 0.0146. The fourth-order valence-corrected chi connectivity index (χ4v) is 4.06. The smallest absolute Gasteiger partial charge is 0.307 e. The summed E-state index contributed by atoms with van der Waals surface area (Å²) in [5.74, 6) is -0.827. The van der Waals surface area contributed by atoms with Crippen LogP contribution in [0, 0.1) is 6.92 Å². The van der Waals surface area contributed by atoms with Gasteiger partial charge in [-0.25, -0.2) is 0 Å². The Bertz CT molecular complexity index is 1080. The van der Waals surface area contributed by atoms with Gasteiger partial charge in [-0.2, -0.15) is 0 Å². The Morgan fingerprint density at radius 1 is 1.24 bits per heavy atom. The molecule has 0 saturated heterocycles. The molecule has 3 aromatic rings. The second-order valence-electron chi connectivity index (χ2n) is 8.48. The normalized spacial score (nSPS) is 13.4. The molecule has 3 aromatic heterocycles. The van der Waals surface area contributed by atoms with Gasteiger partial charge in [-0.3, -0.25) is 4.79 Å². The Balaban J connectivity index is 1.95. The molecule has 0 saturated carbocycles. The molecule has 0 spiro atoms. The third-order valence-corrected chi connectivity index (χ3v) is 5.76. The zero-order valence-electron chi connectivity index (χ0n) is 17.6. The van der Waals surface area contributed by atoms with Crippen LogP contribution in [0.1, 0.15) is 29.7 Å². The van der Waals surface area contributed by atoms with Crippen molar-refractivity contribution >= 4 is 29.5 Å². The van der Waals surface area contributed by atoms with Gasteiger partial charge >= 0.3 is 5.97 Å². The lowest BCUT2D eigenvalue weighted by atomic mass is 10.1. The van der Waals surface area contributed by atoms with E-state index in [1.807, 2.05) is 13.0 Å². The quantitative estimate of drug-likeness (QED) is 0.498. The number of hydrogen-bond donors (Lipinski definition) is 3. The topological polar surface area (TPSA) is 68.9 Å². The fraction of sp³-hybridized carbons (Fsp3) is 0.348. The van der Waals surface area contributed by atoms with E-state index in [1.165, 1.54) is 10.4 Å². The molecule has 0 unspecified atom stereocenters. The van der Waals surface area contributed by atoms with Crippen LogP contribution >= 0.6 is 11.3 Å². The number of nitrogens with one attached hydrogen (secondary N) is 2. The number of carboxylic acid groups (broad SMARTS) is 1. The average molecular weight is 413 g/mol. The number of hydrogen-bond acceptors (Lipinski definition) is 2. The minimum Gasteiger partial charge on any atom is -0.481 e. The number of aliphatic carboxylic acids is 1. The predicted octanol–water partition coefficient (Wildman–Crippen LogP) is 3.10. The first kappa shape index (κ1) is 21.1. The number of quaternary nitrogens is 1. The number of rotatable bonds is 8. The highest BCUT2D eigenvalue weighted by atomic mass is 32.1. The molecule has 0 radical (unpaired) electrons. The number of carbonyl (C=O) groups is 1. The van der Waals surface area contributed by atoms with Crippen LogP contribution in [0.4, 0.5) is 0 Å². The number of H-pyrrole nitrogens is 2. The van der Waals surface area contributed by atoms with Crippen LogP contribution in [-0.2, 0) is 11.2 Å². The highest BCUT2D eigenvalue weighted by molar-refractivity contribution is 7.13. The van der Waals surface area contributed by atoms with Crippen LogP contribution in [0.25, 0.3) is 22.7 Å². The number of aryl methyl sites for hydroxylation is 2. The van der Waals surface area contributed by atoms with Gasteiger partial charge in [0.05, 0.1) is 44.7 Å². The van der Waals surface area contributed by atoms with Crippen molar-refractivity contribution in [2.75, 3.05) is 27.7 Å². The van der Waals surface area contributed by atoms with Gasteiger partial charge < -0.3 is 19.6 Å². The molecule has 0 amide bonds. The molecule has 154 valence electrons. The van der Waals surface area contributed by atoms with E-state index in [0.717, 1.165) is 51.5 Å². The number of nitrogens with zero attached hydrogens (tertiary/aromatic N) is 1. The monoisotopic (exact) mass is 412 g/mol. The number of aromatic nitrogens is 2. The molecular weight excluding hydrogens is 382 g/mol. The number of thiophene rings is 1. The summed E-state index contributed by atoms with van der Waals surface area (Å²) < 4.78 is 0.958. The molecule has 0 fully saturated rings. The van der Waals surface area contributed by atoms with E-state index in [9.17, 15) is 4.79 Å². The molecule has 5 nitrogen and oxygen atoms in total. The van der Waals surface area contributed by atoms with E-state index in [2.05, 4.69) is 60.8 Å². The first-order valence-corrected chi connectivity index (χ1v) is 10.7. The minimum atomic E-state index is -0.827. The molecular formula is C23H30N3O2S+. The van der Waals surface area contributed by atoms with Crippen molar-refractivity contribution in [3.8, 4) is 10.6 Å². The summed E-state index contributed by atoms with van der Waals surface area (Å²) in [7, 11) is 6.66. The first-order valence-electron chi connectivity index (χ1n) is 9.87. The Morgan fingerprint density at radius 2 is 2.03 bits per heavy atom. The van der Waals surface area contributed by atoms with Crippen molar-refractivity contribution in [1.82, 2.24) is 9.97 Å². The summed E-state index contributed by atoms with van der Waals surface area (Å²) >= 11 is 1.73. The number of aromatic amines is 2. The summed E-state index contributed by atoms with van der Waals surface area (Å²) in [5, 5.41) is 12.8. The second kappa shape index (κ2) is 8.84. The van der Waals surface area contributed by atoms with E-state index < -0.39 is 5.97 Å². The molecule has 0 aliphatic rings. The lowest BCUT2D eigenvalue weighted by Crippen LogP contribution is -2.35. The molecule has 0 aromatic carbocycles. The predicted molar refractivity (Wildman–Crippen MR) is 120 cm³/mol. The zero-order valence-corrected chi connectivity index (χ0v) is 18.4. The maximum Gasteiger partial charge on any atom is 0.307 e. The van der Waals surface area contributed by atoms with Crippen LogP contribution in [0.2, 0.25) is 0 Å². The second-order valence-corrected chi connectivity index (χ2v) is 9.43. The Morgan fingerprint density at radius 3 is 2.69 bits per heavy atom. The van der Waals surface area contributed by atoms with Crippen LogP contribution in [0.5, 0.6) is 0 Å². The van der Waals surface area contributed by atoms with Gasteiger partial charge in [0, 0.05) is 22.8 Å². The molecule has 0 aliphatic heterocycles.